The summed E-state index contributed by atoms with van der Waals surface area (Å²) >= 11 is 0. The minimum absolute atomic E-state index is 1.13. The molecule has 300 valence electrons. The molecule has 4 heteroatoms. The number of aromatic nitrogens is 3. The highest BCUT2D eigenvalue weighted by atomic mass is 28.3. The van der Waals surface area contributed by atoms with Gasteiger partial charge in [-0.1, -0.05) is 206 Å². The Bertz CT molecular complexity index is 3730. The summed E-state index contributed by atoms with van der Waals surface area (Å²) in [7, 11) is -3.07. The van der Waals surface area contributed by atoms with Gasteiger partial charge < -0.3 is 13.7 Å². The maximum Gasteiger partial charge on any atom is 0.181 e. The molecule has 0 unspecified atom stereocenters. The first-order valence-corrected chi connectivity index (χ1v) is 24.1. The molecule has 64 heavy (non-hydrogen) atoms. The lowest BCUT2D eigenvalue weighted by Gasteiger charge is -2.35. The fourth-order valence-electron chi connectivity index (χ4n) is 11.1. The zero-order chi connectivity index (χ0) is 42.2. The summed E-state index contributed by atoms with van der Waals surface area (Å²) in [5.41, 5.74) is 10.5. The standard InChI is InChI=1S/C60H41N3Si/c1-5-22-42(23-6-1)61-52-36-16-15-32-48(52)49-33-19-40-56(58(49)61)63-59-50(34-20-39-55(59)62-53-37-17-13-30-46(53)47-31-14-18-38-54(47)62)51-35-21-41-57(60(51)63)64(43-24-7-2-8-25-43,44-26-9-3-10-27-44)45-28-11-4-12-29-45/h1-41H. The maximum atomic E-state index is 2.66. The normalized spacial score (nSPS) is 12.1. The molecule has 0 spiro atoms. The first kappa shape index (κ1) is 36.5. The minimum atomic E-state index is -3.07. The second-order valence-corrected chi connectivity index (χ2v) is 20.6. The highest BCUT2D eigenvalue weighted by Crippen LogP contribution is 2.43. The fourth-order valence-corrected chi connectivity index (χ4v) is 16.0. The van der Waals surface area contributed by atoms with E-state index in [1.165, 1.54) is 86.2 Å². The lowest BCUT2D eigenvalue weighted by molar-refractivity contribution is 1.11. The predicted octanol–water partition coefficient (Wildman–Crippen LogP) is 12.4. The quantitative estimate of drug-likeness (QED) is 0.112. The van der Waals surface area contributed by atoms with Crippen LogP contribution in [-0.4, -0.2) is 21.8 Å². The van der Waals surface area contributed by atoms with Crippen LogP contribution in [0.3, 0.4) is 0 Å². The van der Waals surface area contributed by atoms with E-state index in [1.807, 2.05) is 0 Å². The molecule has 0 aliphatic heterocycles. The zero-order valence-electron chi connectivity index (χ0n) is 35.0. The van der Waals surface area contributed by atoms with Gasteiger partial charge in [-0.15, -0.1) is 0 Å². The van der Waals surface area contributed by atoms with Crippen LogP contribution in [0.5, 0.6) is 0 Å². The summed E-state index contributed by atoms with van der Waals surface area (Å²) in [6.45, 7) is 0. The van der Waals surface area contributed by atoms with E-state index in [1.54, 1.807) is 0 Å². The molecule has 0 radical (unpaired) electrons. The zero-order valence-corrected chi connectivity index (χ0v) is 36.0. The van der Waals surface area contributed by atoms with Crippen LogP contribution in [0.2, 0.25) is 0 Å². The molecule has 0 aliphatic rings. The highest BCUT2D eigenvalue weighted by Gasteiger charge is 2.43. The minimum Gasteiger partial charge on any atom is -0.307 e. The van der Waals surface area contributed by atoms with Gasteiger partial charge in [0, 0.05) is 38.0 Å². The molecule has 0 saturated heterocycles. The Hall–Kier alpha value is -8.18. The number of hydrogen-bond donors (Lipinski definition) is 0. The van der Waals surface area contributed by atoms with E-state index >= 15 is 0 Å². The summed E-state index contributed by atoms with van der Waals surface area (Å²) in [6, 6.07) is 92.5. The van der Waals surface area contributed by atoms with Crippen molar-refractivity contribution in [3.05, 3.63) is 249 Å². The lowest BCUT2D eigenvalue weighted by Crippen LogP contribution is -2.75. The summed E-state index contributed by atoms with van der Waals surface area (Å²) in [6.07, 6.45) is 0. The average Bonchev–Trinajstić information content (AvgIpc) is 4.02. The fraction of sp³-hybridized carbons (Fsp3) is 0. The van der Waals surface area contributed by atoms with Gasteiger partial charge in [0.1, 0.15) is 0 Å². The number of rotatable bonds is 7. The monoisotopic (exact) mass is 831 g/mol. The van der Waals surface area contributed by atoms with Gasteiger partial charge in [-0.2, -0.15) is 0 Å². The summed E-state index contributed by atoms with van der Waals surface area (Å²) in [4.78, 5) is 0. The Kier molecular flexibility index (Phi) is 8.23. The van der Waals surface area contributed by atoms with Crippen molar-refractivity contribution in [1.82, 2.24) is 13.7 Å². The number of hydrogen-bond acceptors (Lipinski definition) is 0. The molecule has 13 aromatic rings. The molecule has 10 aromatic carbocycles. The first-order chi connectivity index (χ1) is 31.8. The van der Waals surface area contributed by atoms with Crippen LogP contribution >= 0.6 is 0 Å². The Labute approximate surface area is 372 Å². The van der Waals surface area contributed by atoms with Crippen molar-refractivity contribution < 1.29 is 0 Å². The third kappa shape index (κ3) is 5.15. The van der Waals surface area contributed by atoms with Crippen LogP contribution < -0.4 is 20.7 Å². The van der Waals surface area contributed by atoms with Gasteiger partial charge in [-0.3, -0.25) is 0 Å². The third-order valence-corrected chi connectivity index (χ3v) is 18.4. The summed E-state index contributed by atoms with van der Waals surface area (Å²) < 4.78 is 7.65. The van der Waals surface area contributed by atoms with Crippen molar-refractivity contribution in [2.45, 2.75) is 0 Å². The molecule has 0 saturated carbocycles. The molecule has 13 rings (SSSR count). The van der Waals surface area contributed by atoms with Crippen molar-refractivity contribution in [3.8, 4) is 17.1 Å². The Balaban J connectivity index is 1.30. The largest absolute Gasteiger partial charge is 0.307 e. The van der Waals surface area contributed by atoms with Gasteiger partial charge in [-0.05, 0) is 63.2 Å². The lowest BCUT2D eigenvalue weighted by atomic mass is 10.1. The van der Waals surface area contributed by atoms with E-state index in [0.29, 0.717) is 0 Å². The van der Waals surface area contributed by atoms with Crippen molar-refractivity contribution in [1.29, 1.82) is 0 Å². The van der Waals surface area contributed by atoms with Crippen LogP contribution in [0.25, 0.3) is 82.5 Å². The number of fused-ring (bicyclic) bond motifs is 9. The molecule has 0 N–H and O–H groups in total. The van der Waals surface area contributed by atoms with E-state index in [2.05, 4.69) is 262 Å². The summed E-state index contributed by atoms with van der Waals surface area (Å²) in [5, 5.41) is 12.8. The van der Waals surface area contributed by atoms with Gasteiger partial charge in [0.05, 0.1) is 44.5 Å². The second-order valence-electron chi connectivity index (χ2n) is 16.8. The van der Waals surface area contributed by atoms with Crippen LogP contribution in [0.4, 0.5) is 0 Å². The van der Waals surface area contributed by atoms with Crippen LogP contribution in [0, 0.1) is 0 Å². The molecule has 0 bridgehead atoms. The smallest absolute Gasteiger partial charge is 0.181 e. The third-order valence-electron chi connectivity index (χ3n) is 13.6. The number of benzene rings is 10. The molecule has 3 aromatic heterocycles. The van der Waals surface area contributed by atoms with Crippen LogP contribution in [0.1, 0.15) is 0 Å². The first-order valence-electron chi connectivity index (χ1n) is 22.1. The highest BCUT2D eigenvalue weighted by molar-refractivity contribution is 7.20. The topological polar surface area (TPSA) is 14.8 Å². The van der Waals surface area contributed by atoms with E-state index in [9.17, 15) is 0 Å². The SMILES string of the molecule is c1ccc(-n2c3ccccc3c3cccc(-n4c5c(-n6c7ccccc7c7ccccc76)cccc5c5cccc([Si](c6ccccc6)(c6ccccc6)c6ccccc6)c54)c32)cc1. The van der Waals surface area contributed by atoms with E-state index < -0.39 is 8.07 Å². The van der Waals surface area contributed by atoms with Crippen molar-refractivity contribution >= 4 is 94.2 Å². The Morgan fingerprint density at radius 2 is 0.578 bits per heavy atom. The van der Waals surface area contributed by atoms with Gasteiger partial charge in [0.15, 0.2) is 8.07 Å². The van der Waals surface area contributed by atoms with E-state index in [4.69, 9.17) is 0 Å². The van der Waals surface area contributed by atoms with Crippen molar-refractivity contribution in [2.75, 3.05) is 0 Å². The maximum absolute atomic E-state index is 3.07. The van der Waals surface area contributed by atoms with Crippen LogP contribution in [0.15, 0.2) is 249 Å². The number of nitrogens with zero attached hydrogens (tertiary/aromatic N) is 3. The molecule has 3 nitrogen and oxygen atoms in total. The molecular weight excluding hydrogens is 791 g/mol. The van der Waals surface area contributed by atoms with Gasteiger partial charge in [0.25, 0.3) is 0 Å². The molecule has 0 amide bonds. The Morgan fingerprint density at radius 1 is 0.234 bits per heavy atom. The van der Waals surface area contributed by atoms with Gasteiger partial charge in [-0.25, -0.2) is 0 Å². The predicted molar refractivity (Wildman–Crippen MR) is 273 cm³/mol. The molecule has 0 atom stereocenters. The van der Waals surface area contributed by atoms with Crippen molar-refractivity contribution in [2.24, 2.45) is 0 Å². The Morgan fingerprint density at radius 3 is 1.09 bits per heavy atom. The molecule has 0 aliphatic carbocycles. The molecular formula is C60H41N3Si. The van der Waals surface area contributed by atoms with Gasteiger partial charge >= 0.3 is 0 Å². The van der Waals surface area contributed by atoms with Gasteiger partial charge in [0.2, 0.25) is 0 Å². The second kappa shape index (κ2) is 14.5. The van der Waals surface area contributed by atoms with E-state index in [0.717, 1.165) is 17.1 Å². The number of para-hydroxylation sites is 7. The van der Waals surface area contributed by atoms with Crippen molar-refractivity contribution in [3.63, 3.8) is 0 Å². The molecule has 3 heterocycles. The average molecular weight is 832 g/mol. The summed E-state index contributed by atoms with van der Waals surface area (Å²) in [5.74, 6) is 0. The molecule has 0 fully saturated rings. The van der Waals surface area contributed by atoms with Crippen LogP contribution in [-0.2, 0) is 0 Å². The van der Waals surface area contributed by atoms with E-state index in [-0.39, 0.29) is 0 Å².